The van der Waals surface area contributed by atoms with E-state index in [0.29, 0.717) is 32.5 Å². The van der Waals surface area contributed by atoms with Gasteiger partial charge in [0.05, 0.1) is 17.6 Å². The molecule has 154 valence electrons. The number of fused-ring (bicyclic) bond motifs is 1. The molecule has 1 aliphatic heterocycles. The van der Waals surface area contributed by atoms with Gasteiger partial charge in [-0.3, -0.25) is 0 Å². The quantitative estimate of drug-likeness (QED) is 0.659. The van der Waals surface area contributed by atoms with Crippen molar-refractivity contribution in [3.05, 3.63) is 47.5 Å². The monoisotopic (exact) mass is 409 g/mol. The smallest absolute Gasteiger partial charge is 0.214 e. The second-order valence-corrected chi connectivity index (χ2v) is 10.2. The minimum absolute atomic E-state index is 0.119. The highest BCUT2D eigenvalue weighted by Crippen LogP contribution is 2.33. The van der Waals surface area contributed by atoms with Gasteiger partial charge >= 0.3 is 0 Å². The number of methoxy groups -OCH3 is 1. The number of halogens is 1. The molecule has 0 saturated carbocycles. The van der Waals surface area contributed by atoms with Crippen LogP contribution in [0.1, 0.15) is 37.9 Å². The predicted molar refractivity (Wildman–Crippen MR) is 106 cm³/mol. The third kappa shape index (κ3) is 4.79. The minimum Gasteiger partial charge on any atom is -0.385 e. The van der Waals surface area contributed by atoms with Gasteiger partial charge in [-0.2, -0.15) is 9.40 Å². The van der Waals surface area contributed by atoms with E-state index < -0.39 is 10.0 Å². The molecule has 0 aliphatic carbocycles. The van der Waals surface area contributed by atoms with Crippen LogP contribution in [0, 0.1) is 11.2 Å². The Morgan fingerprint density at radius 1 is 1.21 bits per heavy atom. The molecule has 0 atom stereocenters. The summed E-state index contributed by atoms with van der Waals surface area (Å²) in [5, 5.41) is 4.46. The van der Waals surface area contributed by atoms with Crippen LogP contribution in [0.15, 0.2) is 30.5 Å². The van der Waals surface area contributed by atoms with Crippen molar-refractivity contribution in [2.45, 2.75) is 39.7 Å². The molecule has 8 heteroatoms. The highest BCUT2D eigenvalue weighted by Gasteiger charge is 2.35. The first-order valence-corrected chi connectivity index (χ1v) is 11.1. The molecule has 2 heterocycles. The molecule has 0 spiro atoms. The lowest BCUT2D eigenvalue weighted by atomic mass is 9.88. The molecular weight excluding hydrogens is 381 g/mol. The summed E-state index contributed by atoms with van der Waals surface area (Å²) in [5.74, 6) is -0.179. The Balaban J connectivity index is 1.87. The SMILES string of the molecule is COCCCCS(=O)(=O)N1Cc2cnn(-c3ccc(F)cc3)c2CC(C)(C)C1. The van der Waals surface area contributed by atoms with E-state index in [0.717, 1.165) is 23.4 Å². The molecule has 1 aromatic carbocycles. The predicted octanol–water partition coefficient (Wildman–Crippen LogP) is 3.15. The Hall–Kier alpha value is -1.77. The summed E-state index contributed by atoms with van der Waals surface area (Å²) < 4.78 is 47.5. The lowest BCUT2D eigenvalue weighted by molar-refractivity contribution is 0.194. The molecule has 0 bridgehead atoms. The summed E-state index contributed by atoms with van der Waals surface area (Å²) >= 11 is 0. The van der Waals surface area contributed by atoms with E-state index in [2.05, 4.69) is 18.9 Å². The van der Waals surface area contributed by atoms with Gasteiger partial charge in [0.2, 0.25) is 10.0 Å². The van der Waals surface area contributed by atoms with Crippen molar-refractivity contribution in [2.75, 3.05) is 26.0 Å². The Morgan fingerprint density at radius 2 is 1.93 bits per heavy atom. The Labute approximate surface area is 166 Å². The first-order valence-electron chi connectivity index (χ1n) is 9.50. The van der Waals surface area contributed by atoms with E-state index in [4.69, 9.17) is 4.74 Å². The van der Waals surface area contributed by atoms with Gasteiger partial charge in [-0.1, -0.05) is 13.8 Å². The van der Waals surface area contributed by atoms with Crippen molar-refractivity contribution in [3.8, 4) is 5.69 Å². The fraction of sp³-hybridized carbons (Fsp3) is 0.550. The third-order valence-corrected chi connectivity index (χ3v) is 6.87. The Bertz CT molecular complexity index is 907. The lowest BCUT2D eigenvalue weighted by Crippen LogP contribution is -2.38. The van der Waals surface area contributed by atoms with Crippen LogP contribution in [-0.4, -0.2) is 48.5 Å². The second kappa shape index (κ2) is 8.31. The van der Waals surface area contributed by atoms with Crippen molar-refractivity contribution in [1.29, 1.82) is 0 Å². The van der Waals surface area contributed by atoms with Crippen LogP contribution >= 0.6 is 0 Å². The fourth-order valence-electron chi connectivity index (χ4n) is 3.62. The fourth-order valence-corrected chi connectivity index (χ4v) is 5.33. The van der Waals surface area contributed by atoms with Gasteiger partial charge in [-0.05, 0) is 48.9 Å². The van der Waals surface area contributed by atoms with Crippen molar-refractivity contribution in [3.63, 3.8) is 0 Å². The summed E-state index contributed by atoms with van der Waals surface area (Å²) in [7, 11) is -1.75. The molecule has 6 nitrogen and oxygen atoms in total. The molecule has 0 saturated heterocycles. The van der Waals surface area contributed by atoms with Gasteiger partial charge in [0.1, 0.15) is 5.82 Å². The van der Waals surface area contributed by atoms with Crippen molar-refractivity contribution in [1.82, 2.24) is 14.1 Å². The van der Waals surface area contributed by atoms with E-state index in [1.54, 1.807) is 34.4 Å². The number of sulfonamides is 1. The summed E-state index contributed by atoms with van der Waals surface area (Å²) in [6.45, 7) is 5.47. The van der Waals surface area contributed by atoms with Gasteiger partial charge in [0.15, 0.2) is 0 Å². The zero-order chi connectivity index (χ0) is 20.4. The number of nitrogens with zero attached hydrogens (tertiary/aromatic N) is 3. The number of rotatable bonds is 7. The van der Waals surface area contributed by atoms with E-state index >= 15 is 0 Å². The number of benzene rings is 1. The molecular formula is C20H28FN3O3S. The van der Waals surface area contributed by atoms with Crippen LogP contribution in [0.2, 0.25) is 0 Å². The third-order valence-electron chi connectivity index (χ3n) is 5.02. The van der Waals surface area contributed by atoms with E-state index in [9.17, 15) is 12.8 Å². The van der Waals surface area contributed by atoms with Crippen LogP contribution in [0.25, 0.3) is 5.69 Å². The first-order chi connectivity index (χ1) is 13.2. The van der Waals surface area contributed by atoms with E-state index in [-0.39, 0.29) is 17.0 Å². The standard InChI is InChI=1S/C20H28FN3O3S/c1-20(2)12-19-16(13-22-24(19)18-8-6-17(21)7-9-18)14-23(15-20)28(25,26)11-5-4-10-27-3/h6-9,13H,4-5,10-12,14-15H2,1-3H3. The maximum atomic E-state index is 13.3. The van der Waals surface area contributed by atoms with Crippen LogP contribution in [-0.2, 0) is 27.7 Å². The van der Waals surface area contributed by atoms with Crippen molar-refractivity contribution in [2.24, 2.45) is 5.41 Å². The van der Waals surface area contributed by atoms with Gasteiger partial charge in [0, 0.05) is 38.1 Å². The molecule has 28 heavy (non-hydrogen) atoms. The van der Waals surface area contributed by atoms with Gasteiger partial charge in [-0.25, -0.2) is 17.5 Å². The maximum absolute atomic E-state index is 13.3. The number of ether oxygens (including phenoxy) is 1. The van der Waals surface area contributed by atoms with Gasteiger partial charge < -0.3 is 4.74 Å². The van der Waals surface area contributed by atoms with Crippen molar-refractivity contribution < 1.29 is 17.5 Å². The molecule has 0 N–H and O–H groups in total. The largest absolute Gasteiger partial charge is 0.385 e. The molecule has 0 unspecified atom stereocenters. The maximum Gasteiger partial charge on any atom is 0.214 e. The van der Waals surface area contributed by atoms with Crippen LogP contribution < -0.4 is 0 Å². The van der Waals surface area contributed by atoms with Crippen LogP contribution in [0.3, 0.4) is 0 Å². The highest BCUT2D eigenvalue weighted by molar-refractivity contribution is 7.89. The lowest BCUT2D eigenvalue weighted by Gasteiger charge is -2.29. The molecule has 0 amide bonds. The number of hydrogen-bond acceptors (Lipinski definition) is 4. The molecule has 1 aromatic heterocycles. The van der Waals surface area contributed by atoms with Gasteiger partial charge in [-0.15, -0.1) is 0 Å². The topological polar surface area (TPSA) is 64.4 Å². The summed E-state index contributed by atoms with van der Waals surface area (Å²) in [5.41, 5.74) is 2.40. The summed E-state index contributed by atoms with van der Waals surface area (Å²) in [4.78, 5) is 0. The summed E-state index contributed by atoms with van der Waals surface area (Å²) in [6, 6.07) is 6.18. The van der Waals surface area contributed by atoms with Gasteiger partial charge in [0.25, 0.3) is 0 Å². The van der Waals surface area contributed by atoms with E-state index in [1.807, 2.05) is 0 Å². The highest BCUT2D eigenvalue weighted by atomic mass is 32.2. The van der Waals surface area contributed by atoms with Crippen LogP contribution in [0.5, 0.6) is 0 Å². The Morgan fingerprint density at radius 3 is 2.61 bits per heavy atom. The molecule has 0 radical (unpaired) electrons. The van der Waals surface area contributed by atoms with Crippen LogP contribution in [0.4, 0.5) is 4.39 Å². The molecule has 2 aromatic rings. The Kier molecular flexibility index (Phi) is 6.21. The van der Waals surface area contributed by atoms with Crippen molar-refractivity contribution >= 4 is 10.0 Å². The number of aromatic nitrogens is 2. The molecule has 3 rings (SSSR count). The number of unbranched alkanes of at least 4 members (excludes halogenated alkanes) is 1. The number of hydrogen-bond donors (Lipinski definition) is 0. The van der Waals surface area contributed by atoms with E-state index in [1.165, 1.54) is 12.1 Å². The molecule has 0 fully saturated rings. The minimum atomic E-state index is -3.37. The first kappa shape index (κ1) is 21.0. The zero-order valence-electron chi connectivity index (χ0n) is 16.7. The average Bonchev–Trinajstić information content (AvgIpc) is 2.93. The normalized spacial score (nSPS) is 17.3. The average molecular weight is 410 g/mol. The summed E-state index contributed by atoms with van der Waals surface area (Å²) in [6.07, 6.45) is 3.72. The molecule has 1 aliphatic rings. The second-order valence-electron chi connectivity index (χ2n) is 8.13. The zero-order valence-corrected chi connectivity index (χ0v) is 17.5.